The standard InChI is InChI=1S/C27H21ClN4O2S/c1-33-21-10-6-17(7-11-21)24-15-25(30-27(35)29-24)23-16-32(20-5-3-4-19(28)14-20)31-26(23)18-8-12-22(34-2)13-9-18/h3-16H,1-2H3,(H,29,30,35). The van der Waals surface area contributed by atoms with E-state index in [1.807, 2.05) is 89.7 Å². The van der Waals surface area contributed by atoms with Gasteiger partial charge in [0.25, 0.3) is 0 Å². The predicted molar refractivity (Wildman–Crippen MR) is 141 cm³/mol. The van der Waals surface area contributed by atoms with Crippen LogP contribution in [0, 0.1) is 4.77 Å². The summed E-state index contributed by atoms with van der Waals surface area (Å²) < 4.78 is 12.8. The Morgan fingerprint density at radius 1 is 0.857 bits per heavy atom. The number of hydrogen-bond donors (Lipinski definition) is 1. The zero-order valence-corrected chi connectivity index (χ0v) is 20.6. The van der Waals surface area contributed by atoms with Crippen LogP contribution in [0.25, 0.3) is 39.5 Å². The first-order valence-corrected chi connectivity index (χ1v) is 11.6. The summed E-state index contributed by atoms with van der Waals surface area (Å²) in [5.41, 5.74) is 5.92. The van der Waals surface area contributed by atoms with Crippen molar-refractivity contribution < 1.29 is 9.47 Å². The Labute approximate surface area is 212 Å². The third-order valence-electron chi connectivity index (χ3n) is 5.57. The highest BCUT2D eigenvalue weighted by Gasteiger charge is 2.17. The van der Waals surface area contributed by atoms with Gasteiger partial charge in [-0.1, -0.05) is 17.7 Å². The molecule has 8 heteroatoms. The number of aromatic amines is 1. The molecule has 2 heterocycles. The number of nitrogens with one attached hydrogen (secondary N) is 1. The smallest absolute Gasteiger partial charge is 0.197 e. The molecule has 0 saturated heterocycles. The number of H-pyrrole nitrogens is 1. The highest BCUT2D eigenvalue weighted by Crippen LogP contribution is 2.34. The molecular weight excluding hydrogens is 480 g/mol. The molecule has 0 bridgehead atoms. The summed E-state index contributed by atoms with van der Waals surface area (Å²) in [5, 5.41) is 5.54. The summed E-state index contributed by atoms with van der Waals surface area (Å²) >= 11 is 11.7. The van der Waals surface area contributed by atoms with Crippen LogP contribution in [0.2, 0.25) is 5.02 Å². The second kappa shape index (κ2) is 9.74. The number of benzene rings is 3. The molecule has 1 N–H and O–H groups in total. The molecule has 0 amide bonds. The number of ether oxygens (including phenoxy) is 2. The molecule has 174 valence electrons. The molecule has 0 radical (unpaired) electrons. The van der Waals surface area contributed by atoms with Crippen molar-refractivity contribution in [3.05, 3.63) is 94.9 Å². The molecule has 0 aliphatic rings. The SMILES string of the molecule is COc1ccc(-c2cc(-c3cn(-c4cccc(Cl)c4)nc3-c3ccc(OC)cc3)[nH]c(=S)n2)cc1. The summed E-state index contributed by atoms with van der Waals surface area (Å²) in [7, 11) is 3.29. The van der Waals surface area contributed by atoms with Gasteiger partial charge in [0.2, 0.25) is 0 Å². The fourth-order valence-electron chi connectivity index (χ4n) is 3.80. The number of nitrogens with zero attached hydrogens (tertiary/aromatic N) is 3. The fraction of sp³-hybridized carbons (Fsp3) is 0.0741. The third-order valence-corrected chi connectivity index (χ3v) is 6.00. The van der Waals surface area contributed by atoms with Gasteiger partial charge in [0, 0.05) is 27.9 Å². The van der Waals surface area contributed by atoms with E-state index in [0.29, 0.717) is 9.79 Å². The second-order valence-corrected chi connectivity index (χ2v) is 8.58. The third kappa shape index (κ3) is 4.82. The van der Waals surface area contributed by atoms with Crippen LogP contribution in [0.1, 0.15) is 0 Å². The van der Waals surface area contributed by atoms with Gasteiger partial charge in [0.15, 0.2) is 4.77 Å². The zero-order valence-electron chi connectivity index (χ0n) is 19.0. The lowest BCUT2D eigenvalue weighted by Gasteiger charge is -2.07. The molecule has 0 aliphatic carbocycles. The average molecular weight is 501 g/mol. The molecule has 0 spiro atoms. The molecule has 2 aromatic heterocycles. The summed E-state index contributed by atoms with van der Waals surface area (Å²) in [4.78, 5) is 7.78. The molecule has 0 unspecified atom stereocenters. The van der Waals surface area contributed by atoms with Gasteiger partial charge in [-0.3, -0.25) is 0 Å². The highest BCUT2D eigenvalue weighted by atomic mass is 35.5. The van der Waals surface area contributed by atoms with E-state index in [0.717, 1.165) is 51.0 Å². The second-order valence-electron chi connectivity index (χ2n) is 7.76. The topological polar surface area (TPSA) is 65.0 Å². The summed E-state index contributed by atoms with van der Waals surface area (Å²) in [6.45, 7) is 0. The Kier molecular flexibility index (Phi) is 6.35. The van der Waals surface area contributed by atoms with E-state index in [-0.39, 0.29) is 0 Å². The first kappa shape index (κ1) is 22.8. The minimum atomic E-state index is 0.379. The van der Waals surface area contributed by atoms with E-state index in [1.54, 1.807) is 14.2 Å². The van der Waals surface area contributed by atoms with Crippen molar-refractivity contribution in [2.24, 2.45) is 0 Å². The number of methoxy groups -OCH3 is 2. The molecule has 0 aliphatic heterocycles. The van der Waals surface area contributed by atoms with Crippen LogP contribution < -0.4 is 9.47 Å². The van der Waals surface area contributed by atoms with Gasteiger partial charge in [0.05, 0.1) is 31.3 Å². The summed E-state index contributed by atoms with van der Waals surface area (Å²) in [6, 6.07) is 25.0. The minimum absolute atomic E-state index is 0.379. The maximum absolute atomic E-state index is 6.25. The number of rotatable bonds is 6. The molecular formula is C27H21ClN4O2S. The van der Waals surface area contributed by atoms with Crippen LogP contribution in [-0.2, 0) is 0 Å². The van der Waals surface area contributed by atoms with Gasteiger partial charge < -0.3 is 14.5 Å². The quantitative estimate of drug-likeness (QED) is 0.254. The Hall–Kier alpha value is -3.94. The van der Waals surface area contributed by atoms with Crippen molar-refractivity contribution in [2.75, 3.05) is 14.2 Å². The lowest BCUT2D eigenvalue weighted by molar-refractivity contribution is 0.415. The maximum atomic E-state index is 6.25. The van der Waals surface area contributed by atoms with Crippen LogP contribution in [0.5, 0.6) is 11.5 Å². The molecule has 0 fully saturated rings. The van der Waals surface area contributed by atoms with Gasteiger partial charge in [-0.2, -0.15) is 5.10 Å². The molecule has 5 rings (SSSR count). The molecule has 0 saturated carbocycles. The Morgan fingerprint density at radius 2 is 1.51 bits per heavy atom. The van der Waals surface area contributed by atoms with Crippen LogP contribution in [0.4, 0.5) is 0 Å². The largest absolute Gasteiger partial charge is 0.497 e. The van der Waals surface area contributed by atoms with Crippen LogP contribution >= 0.6 is 23.8 Å². The van der Waals surface area contributed by atoms with Crippen molar-refractivity contribution in [3.63, 3.8) is 0 Å². The molecule has 0 atom stereocenters. The van der Waals surface area contributed by atoms with Crippen LogP contribution in [0.15, 0.2) is 85.1 Å². The molecule has 5 aromatic rings. The average Bonchev–Trinajstić information content (AvgIpc) is 3.34. The maximum Gasteiger partial charge on any atom is 0.197 e. The first-order chi connectivity index (χ1) is 17.0. The van der Waals surface area contributed by atoms with Crippen molar-refractivity contribution in [1.29, 1.82) is 0 Å². The first-order valence-electron chi connectivity index (χ1n) is 10.8. The van der Waals surface area contributed by atoms with E-state index in [9.17, 15) is 0 Å². The molecule has 6 nitrogen and oxygen atoms in total. The van der Waals surface area contributed by atoms with E-state index >= 15 is 0 Å². The Morgan fingerprint density at radius 3 is 2.14 bits per heavy atom. The van der Waals surface area contributed by atoms with Crippen molar-refractivity contribution in [3.8, 4) is 51.0 Å². The number of hydrogen-bond acceptors (Lipinski definition) is 5. The minimum Gasteiger partial charge on any atom is -0.497 e. The van der Waals surface area contributed by atoms with Gasteiger partial charge in [-0.15, -0.1) is 0 Å². The van der Waals surface area contributed by atoms with E-state index < -0.39 is 0 Å². The van der Waals surface area contributed by atoms with Gasteiger partial charge >= 0.3 is 0 Å². The van der Waals surface area contributed by atoms with E-state index in [1.165, 1.54) is 0 Å². The summed E-state index contributed by atoms with van der Waals surface area (Å²) in [5.74, 6) is 1.55. The monoisotopic (exact) mass is 500 g/mol. The highest BCUT2D eigenvalue weighted by molar-refractivity contribution is 7.71. The predicted octanol–water partition coefficient (Wildman–Crippen LogP) is 7.00. The fourth-order valence-corrected chi connectivity index (χ4v) is 4.19. The van der Waals surface area contributed by atoms with Crippen molar-refractivity contribution in [2.45, 2.75) is 0 Å². The Balaban J connectivity index is 1.67. The van der Waals surface area contributed by atoms with Gasteiger partial charge in [0.1, 0.15) is 17.2 Å². The zero-order chi connectivity index (χ0) is 24.4. The molecule has 35 heavy (non-hydrogen) atoms. The van der Waals surface area contributed by atoms with Crippen molar-refractivity contribution in [1.82, 2.24) is 19.7 Å². The lowest BCUT2D eigenvalue weighted by atomic mass is 10.0. The van der Waals surface area contributed by atoms with Gasteiger partial charge in [-0.05, 0) is 85.0 Å². The lowest BCUT2D eigenvalue weighted by Crippen LogP contribution is -1.94. The normalized spacial score (nSPS) is 10.8. The van der Waals surface area contributed by atoms with Crippen LogP contribution in [-0.4, -0.2) is 34.0 Å². The van der Waals surface area contributed by atoms with E-state index in [2.05, 4.69) is 9.97 Å². The summed E-state index contributed by atoms with van der Waals surface area (Å²) in [6.07, 6.45) is 1.96. The van der Waals surface area contributed by atoms with E-state index in [4.69, 9.17) is 38.4 Å². The van der Waals surface area contributed by atoms with Gasteiger partial charge in [-0.25, -0.2) is 9.67 Å². The number of halogens is 1. The van der Waals surface area contributed by atoms with Crippen LogP contribution in [0.3, 0.4) is 0 Å². The molecule has 3 aromatic carbocycles. The van der Waals surface area contributed by atoms with Crippen molar-refractivity contribution >= 4 is 23.8 Å². The Bertz CT molecular complexity index is 1540. The number of aromatic nitrogens is 4.